The molecule has 0 spiro atoms. The Morgan fingerprint density at radius 1 is 1.43 bits per heavy atom. The highest BCUT2D eigenvalue weighted by Crippen LogP contribution is 2.27. The fourth-order valence-corrected chi connectivity index (χ4v) is 4.77. The van der Waals surface area contributed by atoms with E-state index < -0.39 is 10.0 Å². The molecule has 6 heteroatoms. The van der Waals surface area contributed by atoms with E-state index in [0.29, 0.717) is 29.1 Å². The lowest BCUT2D eigenvalue weighted by molar-refractivity contribution is 0.249. The molecule has 1 N–H and O–H groups in total. The number of sulfonamides is 1. The predicted molar refractivity (Wildman–Crippen MR) is 81.4 cm³/mol. The third-order valence-corrected chi connectivity index (χ3v) is 6.02. The molecule has 1 aromatic carbocycles. The molecule has 1 unspecified atom stereocenters. The van der Waals surface area contributed by atoms with Crippen LogP contribution in [0.3, 0.4) is 0 Å². The molecule has 0 amide bonds. The van der Waals surface area contributed by atoms with Gasteiger partial charge in [0, 0.05) is 19.1 Å². The molecule has 0 radical (unpaired) electrons. The van der Waals surface area contributed by atoms with E-state index in [4.69, 9.17) is 5.26 Å². The molecule has 114 valence electrons. The van der Waals surface area contributed by atoms with Gasteiger partial charge >= 0.3 is 0 Å². The van der Waals surface area contributed by atoms with Gasteiger partial charge in [0.15, 0.2) is 0 Å². The number of rotatable bonds is 4. The normalized spacial score (nSPS) is 20.1. The van der Waals surface area contributed by atoms with Crippen LogP contribution in [0.2, 0.25) is 0 Å². The Labute approximate surface area is 126 Å². The van der Waals surface area contributed by atoms with Gasteiger partial charge in [-0.3, -0.25) is 0 Å². The van der Waals surface area contributed by atoms with Gasteiger partial charge in [-0.25, -0.2) is 8.42 Å². The first-order chi connectivity index (χ1) is 10.0. The Morgan fingerprint density at radius 3 is 2.81 bits per heavy atom. The van der Waals surface area contributed by atoms with Gasteiger partial charge in [0.2, 0.25) is 10.0 Å². The molecule has 1 aliphatic heterocycles. The highest BCUT2D eigenvalue weighted by atomic mass is 32.2. The maximum absolute atomic E-state index is 12.9. The summed E-state index contributed by atoms with van der Waals surface area (Å²) in [6.07, 6.45) is 2.84. The van der Waals surface area contributed by atoms with Gasteiger partial charge in [-0.1, -0.05) is 6.42 Å². The number of aryl methyl sites for hydroxylation is 1. The number of hydrogen-bond acceptors (Lipinski definition) is 4. The Balaban J connectivity index is 2.38. The maximum Gasteiger partial charge on any atom is 0.243 e. The Morgan fingerprint density at radius 2 is 2.19 bits per heavy atom. The van der Waals surface area contributed by atoms with E-state index in [0.717, 1.165) is 19.3 Å². The van der Waals surface area contributed by atoms with Gasteiger partial charge < -0.3 is 5.32 Å². The summed E-state index contributed by atoms with van der Waals surface area (Å²) >= 11 is 0. The molecular formula is C15H21N3O2S. The standard InChI is InChI=1S/C15H21N3O2S/c1-12-9-13(10-16)6-7-15(12)21(19,20)18-8-4-3-5-14(18)11-17-2/h6-7,9,14,17H,3-5,8,11H2,1-2H3. The molecule has 0 bridgehead atoms. The van der Waals surface area contributed by atoms with E-state index in [1.807, 2.05) is 13.1 Å². The van der Waals surface area contributed by atoms with Crippen molar-refractivity contribution >= 4 is 10.0 Å². The molecule has 1 heterocycles. The van der Waals surface area contributed by atoms with Gasteiger partial charge in [0.25, 0.3) is 0 Å². The molecule has 0 aromatic heterocycles. The predicted octanol–water partition coefficient (Wildman–Crippen LogP) is 1.63. The van der Waals surface area contributed by atoms with Crippen molar-refractivity contribution in [1.82, 2.24) is 9.62 Å². The SMILES string of the molecule is CNCC1CCCCN1S(=O)(=O)c1ccc(C#N)cc1C. The number of piperidine rings is 1. The van der Waals surface area contributed by atoms with Crippen LogP contribution < -0.4 is 5.32 Å². The van der Waals surface area contributed by atoms with Crippen LogP contribution in [0.1, 0.15) is 30.4 Å². The van der Waals surface area contributed by atoms with E-state index in [2.05, 4.69) is 5.32 Å². The summed E-state index contributed by atoms with van der Waals surface area (Å²) in [6.45, 7) is 2.97. The minimum absolute atomic E-state index is 0.00351. The number of nitriles is 1. The number of hydrogen-bond donors (Lipinski definition) is 1. The van der Waals surface area contributed by atoms with Crippen molar-refractivity contribution in [3.63, 3.8) is 0 Å². The smallest absolute Gasteiger partial charge is 0.243 e. The quantitative estimate of drug-likeness (QED) is 0.917. The van der Waals surface area contributed by atoms with Crippen LogP contribution in [0.5, 0.6) is 0 Å². The highest BCUT2D eigenvalue weighted by molar-refractivity contribution is 7.89. The zero-order valence-electron chi connectivity index (χ0n) is 12.5. The summed E-state index contributed by atoms with van der Waals surface area (Å²) in [6, 6.07) is 6.79. The third-order valence-electron chi connectivity index (χ3n) is 3.90. The van der Waals surface area contributed by atoms with Crippen LogP contribution in [0.15, 0.2) is 23.1 Å². The zero-order chi connectivity index (χ0) is 15.5. The van der Waals surface area contributed by atoms with Gasteiger partial charge in [-0.2, -0.15) is 9.57 Å². The highest BCUT2D eigenvalue weighted by Gasteiger charge is 2.33. The van der Waals surface area contributed by atoms with Crippen LogP contribution in [0.4, 0.5) is 0 Å². The molecule has 1 fully saturated rings. The summed E-state index contributed by atoms with van der Waals surface area (Å²) in [5, 5.41) is 12.0. The summed E-state index contributed by atoms with van der Waals surface area (Å²) in [7, 11) is -1.67. The van der Waals surface area contributed by atoms with Crippen molar-refractivity contribution in [2.75, 3.05) is 20.1 Å². The Hall–Kier alpha value is -1.42. The van der Waals surface area contributed by atoms with Crippen LogP contribution in [0, 0.1) is 18.3 Å². The summed E-state index contributed by atoms with van der Waals surface area (Å²) in [4.78, 5) is 0.310. The van der Waals surface area contributed by atoms with Crippen LogP contribution in [0.25, 0.3) is 0 Å². The van der Waals surface area contributed by atoms with Gasteiger partial charge in [-0.05, 0) is 50.6 Å². The molecule has 0 saturated carbocycles. The number of nitrogens with zero attached hydrogens (tertiary/aromatic N) is 2. The van der Waals surface area contributed by atoms with Crippen molar-refractivity contribution in [2.45, 2.75) is 37.1 Å². The average Bonchev–Trinajstić information content (AvgIpc) is 2.47. The zero-order valence-corrected chi connectivity index (χ0v) is 13.3. The lowest BCUT2D eigenvalue weighted by atomic mass is 10.1. The fourth-order valence-electron chi connectivity index (χ4n) is 2.86. The number of nitrogens with one attached hydrogen (secondary N) is 1. The lowest BCUT2D eigenvalue weighted by Crippen LogP contribution is -2.48. The number of likely N-dealkylation sites (N-methyl/N-ethyl adjacent to an activating group) is 1. The van der Waals surface area contributed by atoms with Gasteiger partial charge in [0.05, 0.1) is 16.5 Å². The minimum atomic E-state index is -3.51. The van der Waals surface area contributed by atoms with Crippen molar-refractivity contribution in [2.24, 2.45) is 0 Å². The molecule has 5 nitrogen and oxygen atoms in total. The van der Waals surface area contributed by atoms with E-state index in [-0.39, 0.29) is 6.04 Å². The molecule has 0 aliphatic carbocycles. The lowest BCUT2D eigenvalue weighted by Gasteiger charge is -2.35. The van der Waals surface area contributed by atoms with Crippen LogP contribution in [-0.2, 0) is 10.0 Å². The van der Waals surface area contributed by atoms with Crippen molar-refractivity contribution in [3.05, 3.63) is 29.3 Å². The first-order valence-electron chi connectivity index (χ1n) is 7.18. The molecule has 1 saturated heterocycles. The monoisotopic (exact) mass is 307 g/mol. The maximum atomic E-state index is 12.9. The van der Waals surface area contributed by atoms with E-state index in [1.165, 1.54) is 0 Å². The summed E-state index contributed by atoms with van der Waals surface area (Å²) in [5.74, 6) is 0. The van der Waals surface area contributed by atoms with Crippen LogP contribution in [-0.4, -0.2) is 38.9 Å². The third kappa shape index (κ3) is 3.26. The van der Waals surface area contributed by atoms with Crippen molar-refractivity contribution in [1.29, 1.82) is 5.26 Å². The summed E-state index contributed by atoms with van der Waals surface area (Å²) in [5.41, 5.74) is 1.11. The van der Waals surface area contributed by atoms with E-state index in [9.17, 15) is 8.42 Å². The van der Waals surface area contributed by atoms with Gasteiger partial charge in [-0.15, -0.1) is 0 Å². The van der Waals surface area contributed by atoms with E-state index >= 15 is 0 Å². The Bertz CT molecular complexity index is 647. The largest absolute Gasteiger partial charge is 0.318 e. The van der Waals surface area contributed by atoms with E-state index in [1.54, 1.807) is 29.4 Å². The second-order valence-electron chi connectivity index (χ2n) is 5.42. The molecule has 21 heavy (non-hydrogen) atoms. The number of benzene rings is 1. The second-order valence-corrected chi connectivity index (χ2v) is 7.27. The second kappa shape index (κ2) is 6.56. The molecule has 1 atom stereocenters. The Kier molecular flexibility index (Phi) is 4.99. The van der Waals surface area contributed by atoms with Gasteiger partial charge in [0.1, 0.15) is 0 Å². The van der Waals surface area contributed by atoms with Crippen LogP contribution >= 0.6 is 0 Å². The summed E-state index contributed by atoms with van der Waals surface area (Å²) < 4.78 is 27.4. The minimum Gasteiger partial charge on any atom is -0.318 e. The topological polar surface area (TPSA) is 73.2 Å². The fraction of sp³-hybridized carbons (Fsp3) is 0.533. The molecular weight excluding hydrogens is 286 g/mol. The van der Waals surface area contributed by atoms with Crippen molar-refractivity contribution < 1.29 is 8.42 Å². The van der Waals surface area contributed by atoms with Crippen molar-refractivity contribution in [3.8, 4) is 6.07 Å². The first-order valence-corrected chi connectivity index (χ1v) is 8.62. The average molecular weight is 307 g/mol. The first kappa shape index (κ1) is 16.0. The molecule has 1 aliphatic rings. The molecule has 2 rings (SSSR count). The molecule has 1 aromatic rings.